The Morgan fingerprint density at radius 1 is 1.12 bits per heavy atom. The van der Waals surface area contributed by atoms with Crippen molar-refractivity contribution in [2.75, 3.05) is 13.1 Å². The molecule has 0 atom stereocenters. The first kappa shape index (κ1) is 21.1. The van der Waals surface area contributed by atoms with Crippen LogP contribution in [-0.4, -0.2) is 49.9 Å². The van der Waals surface area contributed by atoms with Gasteiger partial charge in [-0.25, -0.2) is 4.98 Å². The molecule has 4 aromatic rings. The molecular formula is C25H26N6O2. The molecule has 4 aromatic heterocycles. The molecule has 0 unspecified atom stereocenters. The maximum Gasteiger partial charge on any atom is 0.213 e. The van der Waals surface area contributed by atoms with Crippen LogP contribution in [0.3, 0.4) is 0 Å². The molecule has 0 aliphatic carbocycles. The Bertz CT molecular complexity index is 1310. The number of pyridine rings is 3. The number of rotatable bonds is 5. The lowest BCUT2D eigenvalue weighted by Gasteiger charge is -2.23. The van der Waals surface area contributed by atoms with Crippen molar-refractivity contribution in [1.82, 2.24) is 25.3 Å². The summed E-state index contributed by atoms with van der Waals surface area (Å²) < 4.78 is 5.97. The van der Waals surface area contributed by atoms with E-state index in [0.717, 1.165) is 53.7 Å². The largest absolute Gasteiger partial charge is 0.494 e. The van der Waals surface area contributed by atoms with E-state index in [2.05, 4.69) is 25.3 Å². The lowest BCUT2D eigenvalue weighted by Crippen LogP contribution is -2.34. The van der Waals surface area contributed by atoms with Crippen molar-refractivity contribution in [3.8, 4) is 23.0 Å². The molecule has 0 aromatic carbocycles. The van der Waals surface area contributed by atoms with Crippen LogP contribution in [0, 0.1) is 6.92 Å². The molecule has 8 heteroatoms. The van der Waals surface area contributed by atoms with Gasteiger partial charge in [-0.1, -0.05) is 0 Å². The first-order valence-corrected chi connectivity index (χ1v) is 11.1. The number of fused-ring (bicyclic) bond motifs is 1. The van der Waals surface area contributed by atoms with Gasteiger partial charge in [0.15, 0.2) is 5.88 Å². The van der Waals surface area contributed by atoms with Crippen LogP contribution in [0.2, 0.25) is 0 Å². The fourth-order valence-corrected chi connectivity index (χ4v) is 4.17. The molecule has 1 aliphatic rings. The van der Waals surface area contributed by atoms with E-state index in [9.17, 15) is 5.11 Å². The maximum atomic E-state index is 10.6. The predicted molar refractivity (Wildman–Crippen MR) is 128 cm³/mol. The fraction of sp³-hybridized carbons (Fsp3) is 0.280. The summed E-state index contributed by atoms with van der Waals surface area (Å²) in [5, 5.41) is 14.8. The van der Waals surface area contributed by atoms with Gasteiger partial charge in [0.2, 0.25) is 5.88 Å². The maximum absolute atomic E-state index is 10.6. The number of H-pyrrole nitrogens is 1. The fourth-order valence-electron chi connectivity index (χ4n) is 4.17. The lowest BCUT2D eigenvalue weighted by atomic mass is 10.0. The van der Waals surface area contributed by atoms with Crippen molar-refractivity contribution in [1.29, 1.82) is 0 Å². The Labute approximate surface area is 191 Å². The number of aryl methyl sites for hydroxylation is 1. The molecule has 5 heterocycles. The topological polar surface area (TPSA) is 108 Å². The van der Waals surface area contributed by atoms with Crippen LogP contribution in [0.5, 0.6) is 11.8 Å². The first-order valence-electron chi connectivity index (χ1n) is 11.1. The highest BCUT2D eigenvalue weighted by molar-refractivity contribution is 6.13. The van der Waals surface area contributed by atoms with Crippen molar-refractivity contribution in [3.05, 3.63) is 60.2 Å². The summed E-state index contributed by atoms with van der Waals surface area (Å²) in [6.45, 7) is 5.84. The minimum absolute atomic E-state index is 0.0620. The molecule has 3 N–H and O–H groups in total. The summed E-state index contributed by atoms with van der Waals surface area (Å²) >= 11 is 0. The lowest BCUT2D eigenvalue weighted by molar-refractivity contribution is 0.156. The van der Waals surface area contributed by atoms with E-state index in [0.29, 0.717) is 22.8 Å². The van der Waals surface area contributed by atoms with Gasteiger partial charge in [-0.15, -0.1) is 0 Å². The van der Waals surface area contributed by atoms with E-state index in [1.807, 2.05) is 38.1 Å². The molecular weight excluding hydrogens is 416 g/mol. The quantitative estimate of drug-likeness (QED) is 0.398. The van der Waals surface area contributed by atoms with Crippen molar-refractivity contribution >= 4 is 22.3 Å². The zero-order chi connectivity index (χ0) is 22.8. The molecule has 1 aliphatic heterocycles. The van der Waals surface area contributed by atoms with Crippen molar-refractivity contribution in [2.45, 2.75) is 32.8 Å². The number of aliphatic imine (C=N–C) groups is 1. The molecule has 0 radical (unpaired) electrons. The first-order chi connectivity index (χ1) is 16.1. The van der Waals surface area contributed by atoms with Crippen molar-refractivity contribution in [2.24, 2.45) is 4.99 Å². The van der Waals surface area contributed by atoms with E-state index in [1.54, 1.807) is 24.8 Å². The summed E-state index contributed by atoms with van der Waals surface area (Å²) in [4.78, 5) is 20.9. The summed E-state index contributed by atoms with van der Waals surface area (Å²) in [6.07, 6.45) is 9.14. The summed E-state index contributed by atoms with van der Waals surface area (Å²) in [6, 6.07) is 7.63. The van der Waals surface area contributed by atoms with Crippen LogP contribution in [0.25, 0.3) is 22.2 Å². The Morgan fingerprint density at radius 3 is 2.73 bits per heavy atom. The van der Waals surface area contributed by atoms with Crippen LogP contribution in [0.15, 0.2) is 54.0 Å². The molecule has 0 bridgehead atoms. The van der Waals surface area contributed by atoms with Crippen LogP contribution >= 0.6 is 0 Å². The minimum atomic E-state index is 0.0620. The van der Waals surface area contributed by atoms with Crippen LogP contribution < -0.4 is 10.1 Å². The highest BCUT2D eigenvalue weighted by Crippen LogP contribution is 2.32. The van der Waals surface area contributed by atoms with E-state index in [4.69, 9.17) is 9.73 Å². The van der Waals surface area contributed by atoms with Gasteiger partial charge in [0.1, 0.15) is 6.10 Å². The molecule has 0 amide bonds. The average Bonchev–Trinajstić information content (AvgIpc) is 3.16. The molecule has 1 saturated heterocycles. The minimum Gasteiger partial charge on any atom is -0.494 e. The molecule has 1 fully saturated rings. The van der Waals surface area contributed by atoms with E-state index >= 15 is 0 Å². The Kier molecular flexibility index (Phi) is 5.75. The summed E-state index contributed by atoms with van der Waals surface area (Å²) in [5.74, 6) is 0.669. The van der Waals surface area contributed by atoms with Crippen molar-refractivity contribution in [3.63, 3.8) is 0 Å². The third-order valence-corrected chi connectivity index (χ3v) is 5.93. The summed E-state index contributed by atoms with van der Waals surface area (Å²) in [5.41, 5.74) is 5.58. The third-order valence-electron chi connectivity index (χ3n) is 5.93. The second kappa shape index (κ2) is 8.99. The predicted octanol–water partition coefficient (Wildman–Crippen LogP) is 4.31. The average molecular weight is 443 g/mol. The Morgan fingerprint density at radius 2 is 1.97 bits per heavy atom. The van der Waals surface area contributed by atoms with E-state index in [-0.39, 0.29) is 12.0 Å². The van der Waals surface area contributed by atoms with Gasteiger partial charge < -0.3 is 20.1 Å². The number of hydrogen-bond acceptors (Lipinski definition) is 7. The number of piperidine rings is 1. The van der Waals surface area contributed by atoms with Gasteiger partial charge in [0, 0.05) is 29.4 Å². The van der Waals surface area contributed by atoms with Crippen LogP contribution in [0.1, 0.15) is 30.9 Å². The monoisotopic (exact) mass is 442 g/mol. The molecule has 0 saturated carbocycles. The Balaban J connectivity index is 1.43. The Hall–Kier alpha value is -3.78. The number of nitrogens with one attached hydrogen (secondary N) is 2. The molecule has 8 nitrogen and oxygen atoms in total. The van der Waals surface area contributed by atoms with Gasteiger partial charge in [-0.2, -0.15) is 0 Å². The van der Waals surface area contributed by atoms with Gasteiger partial charge in [0.25, 0.3) is 0 Å². The van der Waals surface area contributed by atoms with Gasteiger partial charge in [-0.3, -0.25) is 15.0 Å². The van der Waals surface area contributed by atoms with E-state index < -0.39 is 0 Å². The zero-order valence-electron chi connectivity index (χ0n) is 18.7. The molecule has 168 valence electrons. The number of aromatic amines is 1. The zero-order valence-corrected chi connectivity index (χ0v) is 18.7. The smallest absolute Gasteiger partial charge is 0.213 e. The molecule has 33 heavy (non-hydrogen) atoms. The summed E-state index contributed by atoms with van der Waals surface area (Å²) in [7, 11) is 0. The highest BCUT2D eigenvalue weighted by Gasteiger charge is 2.17. The number of nitrogens with zero attached hydrogens (tertiary/aromatic N) is 4. The number of hydrogen-bond donors (Lipinski definition) is 3. The van der Waals surface area contributed by atoms with Gasteiger partial charge >= 0.3 is 0 Å². The normalized spacial score (nSPS) is 15.2. The van der Waals surface area contributed by atoms with Crippen LogP contribution in [0.4, 0.5) is 5.69 Å². The van der Waals surface area contributed by atoms with Crippen molar-refractivity contribution < 1.29 is 9.84 Å². The van der Waals surface area contributed by atoms with Crippen LogP contribution in [-0.2, 0) is 0 Å². The van der Waals surface area contributed by atoms with E-state index in [1.165, 1.54) is 0 Å². The SMILES string of the molecule is CC(=Nc1ccc(OC2CCNCC2)nc1)c1c(O)[nH]c2cnc(-c3cnccc3C)cc12. The number of ether oxygens (including phenoxy) is 1. The number of aromatic nitrogens is 4. The molecule has 5 rings (SSSR count). The third kappa shape index (κ3) is 4.42. The second-order valence-corrected chi connectivity index (χ2v) is 8.27. The van der Waals surface area contributed by atoms with Gasteiger partial charge in [0.05, 0.1) is 40.6 Å². The number of aromatic hydroxyl groups is 1. The van der Waals surface area contributed by atoms with Gasteiger partial charge in [-0.05, 0) is 63.5 Å². The standard InChI is InChI=1S/C25H26N6O2/c1-15-5-8-27-13-20(15)21-11-19-22(14-28-21)31-25(32)24(19)16(2)30-17-3-4-23(29-12-17)33-18-6-9-26-10-7-18/h3-5,8,11-14,18,26,31-32H,6-7,9-10H2,1-2H3. The highest BCUT2D eigenvalue weighted by atomic mass is 16.5. The second-order valence-electron chi connectivity index (χ2n) is 8.27. The molecule has 0 spiro atoms.